The van der Waals surface area contributed by atoms with Crippen molar-refractivity contribution in [1.82, 2.24) is 10.2 Å². The standard InChI is InChI=1S/C17H27BrN2O/c1-19-17(15-5-3-4-6-16(15)18)9-10-20(2)11-12-21-13-14-7-8-14/h3-6,14,17,19H,7-13H2,1-2H3. The van der Waals surface area contributed by atoms with Crippen molar-refractivity contribution in [2.75, 3.05) is 40.4 Å². The molecule has 0 amide bonds. The van der Waals surface area contributed by atoms with Crippen LogP contribution in [0, 0.1) is 5.92 Å². The average Bonchev–Trinajstić information content (AvgIpc) is 3.30. The van der Waals surface area contributed by atoms with Crippen LogP contribution in [0.1, 0.15) is 30.9 Å². The van der Waals surface area contributed by atoms with Gasteiger partial charge in [-0.1, -0.05) is 34.1 Å². The van der Waals surface area contributed by atoms with E-state index in [1.807, 2.05) is 7.05 Å². The van der Waals surface area contributed by atoms with E-state index in [4.69, 9.17) is 4.74 Å². The molecule has 1 N–H and O–H groups in total. The van der Waals surface area contributed by atoms with E-state index in [9.17, 15) is 0 Å². The highest BCUT2D eigenvalue weighted by Crippen LogP contribution is 2.28. The normalized spacial score (nSPS) is 16.4. The Balaban J connectivity index is 1.68. The highest BCUT2D eigenvalue weighted by molar-refractivity contribution is 9.10. The Morgan fingerprint density at radius 2 is 2.10 bits per heavy atom. The number of ether oxygens (including phenoxy) is 1. The molecule has 0 saturated heterocycles. The van der Waals surface area contributed by atoms with E-state index in [-0.39, 0.29) is 0 Å². The van der Waals surface area contributed by atoms with Crippen molar-refractivity contribution in [2.45, 2.75) is 25.3 Å². The second-order valence-electron chi connectivity index (χ2n) is 5.97. The lowest BCUT2D eigenvalue weighted by atomic mass is 10.0. The van der Waals surface area contributed by atoms with E-state index in [0.717, 1.165) is 38.6 Å². The first-order valence-electron chi connectivity index (χ1n) is 7.88. The first kappa shape index (κ1) is 16.9. The summed E-state index contributed by atoms with van der Waals surface area (Å²) in [7, 11) is 4.20. The van der Waals surface area contributed by atoms with Crippen molar-refractivity contribution < 1.29 is 4.74 Å². The number of hydrogen-bond acceptors (Lipinski definition) is 3. The molecular weight excluding hydrogens is 328 g/mol. The molecule has 1 unspecified atom stereocenters. The molecule has 1 atom stereocenters. The van der Waals surface area contributed by atoms with Gasteiger partial charge in [0.15, 0.2) is 0 Å². The van der Waals surface area contributed by atoms with Gasteiger partial charge in [-0.2, -0.15) is 0 Å². The summed E-state index contributed by atoms with van der Waals surface area (Å²) in [5.41, 5.74) is 1.33. The molecule has 0 heterocycles. The Morgan fingerprint density at radius 3 is 2.76 bits per heavy atom. The molecule has 0 aromatic heterocycles. The van der Waals surface area contributed by atoms with E-state index < -0.39 is 0 Å². The number of rotatable bonds is 10. The lowest BCUT2D eigenvalue weighted by Crippen LogP contribution is -2.28. The maximum absolute atomic E-state index is 5.70. The zero-order chi connectivity index (χ0) is 15.1. The molecule has 118 valence electrons. The first-order chi connectivity index (χ1) is 10.2. The van der Waals surface area contributed by atoms with Crippen LogP contribution in [0.25, 0.3) is 0 Å². The van der Waals surface area contributed by atoms with Gasteiger partial charge >= 0.3 is 0 Å². The number of nitrogens with one attached hydrogen (secondary N) is 1. The van der Waals surface area contributed by atoms with E-state index in [0.29, 0.717) is 6.04 Å². The van der Waals surface area contributed by atoms with Gasteiger partial charge in [-0.25, -0.2) is 0 Å². The highest BCUT2D eigenvalue weighted by Gasteiger charge is 2.21. The zero-order valence-corrected chi connectivity index (χ0v) is 14.7. The lowest BCUT2D eigenvalue weighted by molar-refractivity contribution is 0.102. The third-order valence-corrected chi connectivity index (χ3v) is 4.82. The smallest absolute Gasteiger partial charge is 0.0593 e. The molecule has 3 nitrogen and oxygen atoms in total. The molecule has 1 aliphatic carbocycles. The van der Waals surface area contributed by atoms with Crippen LogP contribution in [-0.4, -0.2) is 45.3 Å². The fourth-order valence-electron chi connectivity index (χ4n) is 2.43. The first-order valence-corrected chi connectivity index (χ1v) is 8.68. The predicted octanol–water partition coefficient (Wildman–Crippen LogP) is 3.46. The largest absolute Gasteiger partial charge is 0.380 e. The summed E-state index contributed by atoms with van der Waals surface area (Å²) in [5.74, 6) is 0.861. The summed E-state index contributed by atoms with van der Waals surface area (Å²) in [6, 6.07) is 8.83. The van der Waals surface area contributed by atoms with Gasteiger partial charge in [-0.15, -0.1) is 0 Å². The van der Waals surface area contributed by atoms with Crippen LogP contribution in [0.4, 0.5) is 0 Å². The summed E-state index contributed by atoms with van der Waals surface area (Å²) in [4.78, 5) is 2.36. The minimum atomic E-state index is 0.385. The van der Waals surface area contributed by atoms with Crippen molar-refractivity contribution in [3.8, 4) is 0 Å². The van der Waals surface area contributed by atoms with Gasteiger partial charge in [0.2, 0.25) is 0 Å². The molecular formula is C17H27BrN2O. The minimum absolute atomic E-state index is 0.385. The van der Waals surface area contributed by atoms with Crippen molar-refractivity contribution in [1.29, 1.82) is 0 Å². The number of benzene rings is 1. The molecule has 0 spiro atoms. The SMILES string of the molecule is CNC(CCN(C)CCOCC1CC1)c1ccccc1Br. The highest BCUT2D eigenvalue weighted by atomic mass is 79.9. The van der Waals surface area contributed by atoms with Crippen LogP contribution in [0.2, 0.25) is 0 Å². The third-order valence-electron chi connectivity index (χ3n) is 4.10. The second-order valence-corrected chi connectivity index (χ2v) is 6.83. The van der Waals surface area contributed by atoms with E-state index in [2.05, 4.69) is 57.5 Å². The summed E-state index contributed by atoms with van der Waals surface area (Å²) >= 11 is 3.64. The third kappa shape index (κ3) is 6.07. The monoisotopic (exact) mass is 354 g/mol. The second kappa shape index (κ2) is 8.89. The van der Waals surface area contributed by atoms with Crippen molar-refractivity contribution >= 4 is 15.9 Å². The molecule has 4 heteroatoms. The summed E-state index contributed by atoms with van der Waals surface area (Å²) in [6.07, 6.45) is 3.83. The summed E-state index contributed by atoms with van der Waals surface area (Å²) < 4.78 is 6.88. The number of likely N-dealkylation sites (N-methyl/N-ethyl adjacent to an activating group) is 1. The van der Waals surface area contributed by atoms with Gasteiger partial charge in [0.1, 0.15) is 0 Å². The summed E-state index contributed by atoms with van der Waals surface area (Å²) in [5, 5.41) is 3.42. The lowest BCUT2D eigenvalue weighted by Gasteiger charge is -2.22. The van der Waals surface area contributed by atoms with Gasteiger partial charge in [0.05, 0.1) is 6.61 Å². The van der Waals surface area contributed by atoms with Crippen LogP contribution < -0.4 is 5.32 Å². The van der Waals surface area contributed by atoms with Gasteiger partial charge < -0.3 is 15.0 Å². The van der Waals surface area contributed by atoms with Gasteiger partial charge in [-0.3, -0.25) is 0 Å². The number of nitrogens with zero attached hydrogens (tertiary/aromatic N) is 1. The van der Waals surface area contributed by atoms with Crippen LogP contribution in [0.3, 0.4) is 0 Å². The Labute approximate surface area is 137 Å². The Morgan fingerprint density at radius 1 is 1.33 bits per heavy atom. The van der Waals surface area contributed by atoms with Crippen molar-refractivity contribution in [3.05, 3.63) is 34.3 Å². The van der Waals surface area contributed by atoms with E-state index in [1.165, 1.54) is 22.9 Å². The van der Waals surface area contributed by atoms with Crippen LogP contribution >= 0.6 is 15.9 Å². The zero-order valence-electron chi connectivity index (χ0n) is 13.1. The van der Waals surface area contributed by atoms with E-state index in [1.54, 1.807) is 0 Å². The average molecular weight is 355 g/mol. The van der Waals surface area contributed by atoms with Crippen LogP contribution in [0.5, 0.6) is 0 Å². The molecule has 1 aromatic carbocycles. The molecule has 0 bridgehead atoms. The van der Waals surface area contributed by atoms with Crippen LogP contribution in [-0.2, 0) is 4.74 Å². The molecule has 1 aromatic rings. The molecule has 21 heavy (non-hydrogen) atoms. The van der Waals surface area contributed by atoms with Crippen molar-refractivity contribution in [2.24, 2.45) is 5.92 Å². The molecule has 1 aliphatic rings. The summed E-state index contributed by atoms with van der Waals surface area (Å²) in [6.45, 7) is 3.90. The Hall–Kier alpha value is -0.420. The molecule has 0 aliphatic heterocycles. The molecule has 1 fully saturated rings. The van der Waals surface area contributed by atoms with Crippen LogP contribution in [0.15, 0.2) is 28.7 Å². The number of halogens is 1. The minimum Gasteiger partial charge on any atom is -0.380 e. The maximum Gasteiger partial charge on any atom is 0.0593 e. The van der Waals surface area contributed by atoms with E-state index >= 15 is 0 Å². The molecule has 0 radical (unpaired) electrons. The Kier molecular flexibility index (Phi) is 7.17. The molecule has 1 saturated carbocycles. The topological polar surface area (TPSA) is 24.5 Å². The maximum atomic E-state index is 5.70. The fourth-order valence-corrected chi connectivity index (χ4v) is 2.99. The quantitative estimate of drug-likeness (QED) is 0.651. The fraction of sp³-hybridized carbons (Fsp3) is 0.647. The van der Waals surface area contributed by atoms with Crippen molar-refractivity contribution in [3.63, 3.8) is 0 Å². The predicted molar refractivity (Wildman–Crippen MR) is 91.6 cm³/mol. The van der Waals surface area contributed by atoms with Gasteiger partial charge in [-0.05, 0) is 57.5 Å². The Bertz CT molecular complexity index is 423. The molecule has 2 rings (SSSR count). The van der Waals surface area contributed by atoms with Gasteiger partial charge in [0.25, 0.3) is 0 Å². The van der Waals surface area contributed by atoms with Gasteiger partial charge in [0, 0.05) is 23.7 Å². The number of hydrogen-bond donors (Lipinski definition) is 1.